The molecule has 0 aliphatic heterocycles. The highest BCUT2D eigenvalue weighted by molar-refractivity contribution is 6.00. The van der Waals surface area contributed by atoms with Gasteiger partial charge in [0.15, 0.2) is 0 Å². The first-order valence-corrected chi connectivity index (χ1v) is 9.50. The van der Waals surface area contributed by atoms with Gasteiger partial charge in [0.05, 0.1) is 5.39 Å². The Morgan fingerprint density at radius 1 is 1.25 bits per heavy atom. The predicted molar refractivity (Wildman–Crippen MR) is 109 cm³/mol. The highest BCUT2D eigenvalue weighted by atomic mass is 16.6. The third-order valence-electron chi connectivity index (χ3n) is 4.69. The van der Waals surface area contributed by atoms with Crippen molar-refractivity contribution in [3.63, 3.8) is 0 Å². The van der Waals surface area contributed by atoms with E-state index in [1.165, 1.54) is 19.2 Å². The second kappa shape index (κ2) is 6.82. The number of ether oxygens (including phenoxy) is 1. The van der Waals surface area contributed by atoms with Gasteiger partial charge in [-0.25, -0.2) is 14.8 Å². The van der Waals surface area contributed by atoms with Crippen molar-refractivity contribution in [1.82, 2.24) is 19.9 Å². The Bertz CT molecular complexity index is 1010. The van der Waals surface area contributed by atoms with Gasteiger partial charge in [0.25, 0.3) is 0 Å². The maximum absolute atomic E-state index is 11.9. The number of carbonyl (C=O) groups excluding carboxylic acids is 1. The zero-order valence-corrected chi connectivity index (χ0v) is 16.4. The first-order chi connectivity index (χ1) is 13.3. The minimum absolute atomic E-state index is 0.349. The van der Waals surface area contributed by atoms with Crippen molar-refractivity contribution < 1.29 is 9.53 Å². The van der Waals surface area contributed by atoms with E-state index in [-0.39, 0.29) is 5.54 Å². The maximum Gasteiger partial charge on any atom is 0.413 e. The Labute approximate surface area is 163 Å². The molecule has 0 radical (unpaired) electrons. The van der Waals surface area contributed by atoms with Gasteiger partial charge in [-0.2, -0.15) is 0 Å². The van der Waals surface area contributed by atoms with Gasteiger partial charge in [-0.05, 0) is 57.2 Å². The lowest BCUT2D eigenvalue weighted by Gasteiger charge is -2.19. The fraction of sp³-hybridized carbons (Fsp3) is 0.381. The molecule has 3 aromatic rings. The van der Waals surface area contributed by atoms with Crippen LogP contribution < -0.4 is 15.8 Å². The van der Waals surface area contributed by atoms with E-state index in [1.807, 2.05) is 32.9 Å². The zero-order chi connectivity index (χ0) is 19.9. The summed E-state index contributed by atoms with van der Waals surface area (Å²) in [4.78, 5) is 20.6. The molecule has 7 nitrogen and oxygen atoms in total. The number of aromatic nitrogens is 3. The van der Waals surface area contributed by atoms with Crippen LogP contribution in [0.1, 0.15) is 33.6 Å². The minimum atomic E-state index is -0.473. The highest BCUT2D eigenvalue weighted by Crippen LogP contribution is 2.37. The summed E-state index contributed by atoms with van der Waals surface area (Å²) in [5, 5.41) is 3.64. The van der Waals surface area contributed by atoms with Crippen LogP contribution in [-0.4, -0.2) is 26.2 Å². The molecule has 1 aliphatic rings. The SMILES string of the molecule is CC(C)(C)NC(=O)Oc1ccc(-c2cn(CC3CC3)c3ncnc(N)c23)cc1. The molecule has 0 atom stereocenters. The van der Waals surface area contributed by atoms with Gasteiger partial charge >= 0.3 is 6.09 Å². The molecule has 1 fully saturated rings. The van der Waals surface area contributed by atoms with Crippen LogP contribution in [0.2, 0.25) is 0 Å². The molecule has 7 heteroatoms. The lowest BCUT2D eigenvalue weighted by atomic mass is 10.1. The summed E-state index contributed by atoms with van der Waals surface area (Å²) in [6, 6.07) is 7.40. The third-order valence-corrected chi connectivity index (χ3v) is 4.69. The van der Waals surface area contributed by atoms with E-state index in [2.05, 4.69) is 26.0 Å². The Morgan fingerprint density at radius 3 is 2.61 bits per heavy atom. The fourth-order valence-corrected chi connectivity index (χ4v) is 3.23. The first kappa shape index (κ1) is 18.3. The molecule has 0 bridgehead atoms. The van der Waals surface area contributed by atoms with Gasteiger partial charge in [0.2, 0.25) is 0 Å². The molecule has 1 amide bonds. The van der Waals surface area contributed by atoms with Crippen LogP contribution in [0.15, 0.2) is 36.8 Å². The molecule has 4 rings (SSSR count). The van der Waals surface area contributed by atoms with Crippen LogP contribution in [0.3, 0.4) is 0 Å². The van der Waals surface area contributed by atoms with Crippen LogP contribution in [0.4, 0.5) is 10.6 Å². The largest absolute Gasteiger partial charge is 0.413 e. The van der Waals surface area contributed by atoms with Gasteiger partial charge in [-0.3, -0.25) is 0 Å². The summed E-state index contributed by atoms with van der Waals surface area (Å²) >= 11 is 0. The minimum Gasteiger partial charge on any atom is -0.410 e. The number of amides is 1. The quantitative estimate of drug-likeness (QED) is 0.715. The monoisotopic (exact) mass is 379 g/mol. The van der Waals surface area contributed by atoms with Gasteiger partial charge < -0.3 is 20.4 Å². The van der Waals surface area contributed by atoms with Crippen molar-refractivity contribution in [3.05, 3.63) is 36.8 Å². The van der Waals surface area contributed by atoms with Crippen LogP contribution in [0, 0.1) is 5.92 Å². The topological polar surface area (TPSA) is 95.1 Å². The van der Waals surface area contributed by atoms with E-state index in [4.69, 9.17) is 10.5 Å². The Hall–Kier alpha value is -3.09. The summed E-state index contributed by atoms with van der Waals surface area (Å²) in [5.74, 6) is 1.67. The molecular formula is C21H25N5O2. The van der Waals surface area contributed by atoms with E-state index in [0.29, 0.717) is 11.6 Å². The third kappa shape index (κ3) is 3.93. The number of carbonyl (C=O) groups is 1. The summed E-state index contributed by atoms with van der Waals surface area (Å²) in [6.07, 6.45) is 5.65. The van der Waals surface area contributed by atoms with Crippen molar-refractivity contribution in [2.45, 2.75) is 45.7 Å². The number of hydrogen-bond acceptors (Lipinski definition) is 5. The summed E-state index contributed by atoms with van der Waals surface area (Å²) in [7, 11) is 0. The van der Waals surface area contributed by atoms with Gasteiger partial charge in [-0.15, -0.1) is 0 Å². The number of nitrogen functional groups attached to an aromatic ring is 1. The molecule has 146 valence electrons. The molecule has 2 aromatic heterocycles. The molecule has 0 spiro atoms. The lowest BCUT2D eigenvalue weighted by molar-refractivity contribution is 0.190. The molecule has 1 aliphatic carbocycles. The average Bonchev–Trinajstić information content (AvgIpc) is 3.34. The number of hydrogen-bond donors (Lipinski definition) is 2. The summed E-state index contributed by atoms with van der Waals surface area (Å²) in [5.41, 5.74) is 8.64. The molecule has 28 heavy (non-hydrogen) atoms. The number of benzene rings is 1. The van der Waals surface area contributed by atoms with E-state index in [0.717, 1.165) is 34.6 Å². The molecule has 0 saturated heterocycles. The van der Waals surface area contributed by atoms with Gasteiger partial charge in [0.1, 0.15) is 23.5 Å². The second-order valence-corrected chi connectivity index (χ2v) is 8.38. The summed E-state index contributed by atoms with van der Waals surface area (Å²) in [6.45, 7) is 6.66. The zero-order valence-electron chi connectivity index (χ0n) is 16.4. The van der Waals surface area contributed by atoms with Crippen molar-refractivity contribution in [3.8, 4) is 16.9 Å². The smallest absolute Gasteiger partial charge is 0.410 e. The number of nitrogens with zero attached hydrogens (tertiary/aromatic N) is 3. The molecule has 1 aromatic carbocycles. The van der Waals surface area contributed by atoms with Gasteiger partial charge in [0, 0.05) is 23.8 Å². The van der Waals surface area contributed by atoms with Crippen LogP contribution >= 0.6 is 0 Å². The second-order valence-electron chi connectivity index (χ2n) is 8.38. The van der Waals surface area contributed by atoms with Crippen LogP contribution in [-0.2, 0) is 6.54 Å². The van der Waals surface area contributed by atoms with Crippen LogP contribution in [0.25, 0.3) is 22.2 Å². The molecule has 0 unspecified atom stereocenters. The Balaban J connectivity index is 1.62. The maximum atomic E-state index is 11.9. The van der Waals surface area contributed by atoms with Crippen molar-refractivity contribution in [2.24, 2.45) is 5.92 Å². The normalized spacial score (nSPS) is 14.2. The molecular weight excluding hydrogens is 354 g/mol. The molecule has 1 saturated carbocycles. The van der Waals surface area contributed by atoms with Gasteiger partial charge in [-0.1, -0.05) is 12.1 Å². The van der Waals surface area contributed by atoms with E-state index >= 15 is 0 Å². The number of nitrogens with one attached hydrogen (secondary N) is 1. The lowest BCUT2D eigenvalue weighted by Crippen LogP contribution is -2.42. The Kier molecular flexibility index (Phi) is 4.45. The van der Waals surface area contributed by atoms with Crippen LogP contribution in [0.5, 0.6) is 5.75 Å². The Morgan fingerprint density at radius 2 is 1.96 bits per heavy atom. The fourth-order valence-electron chi connectivity index (χ4n) is 3.23. The number of anilines is 1. The van der Waals surface area contributed by atoms with Crippen molar-refractivity contribution >= 4 is 22.9 Å². The van der Waals surface area contributed by atoms with E-state index in [9.17, 15) is 4.79 Å². The highest BCUT2D eigenvalue weighted by Gasteiger charge is 2.24. The first-order valence-electron chi connectivity index (χ1n) is 9.50. The number of rotatable bonds is 4. The number of nitrogens with two attached hydrogens (primary N) is 1. The number of fused-ring (bicyclic) bond motifs is 1. The summed E-state index contributed by atoms with van der Waals surface area (Å²) < 4.78 is 7.52. The predicted octanol–water partition coefficient (Wildman–Crippen LogP) is 3.98. The van der Waals surface area contributed by atoms with Crippen molar-refractivity contribution in [1.29, 1.82) is 0 Å². The van der Waals surface area contributed by atoms with Crippen molar-refractivity contribution in [2.75, 3.05) is 5.73 Å². The molecule has 3 N–H and O–H groups in total. The van der Waals surface area contributed by atoms with E-state index in [1.54, 1.807) is 12.1 Å². The standard InChI is InChI=1S/C21H25N5O2/c1-21(2,3)25-20(27)28-15-8-6-14(7-9-15)16-11-26(10-13-4-5-13)19-17(16)18(22)23-12-24-19/h6-9,11-13H,4-5,10H2,1-3H3,(H,25,27)(H2,22,23,24). The average molecular weight is 379 g/mol. The van der Waals surface area contributed by atoms with E-state index < -0.39 is 6.09 Å². The molecule has 2 heterocycles.